The number of aliphatic hydroxyl groups is 1. The number of rotatable bonds is 9. The van der Waals surface area contributed by atoms with Crippen LogP contribution in [0.4, 0.5) is 0 Å². The molecule has 1 heteroatoms. The molecule has 3 rings (SSSR count). The van der Waals surface area contributed by atoms with Gasteiger partial charge < -0.3 is 5.11 Å². The maximum Gasteiger partial charge on any atom is 0.115 e. The summed E-state index contributed by atoms with van der Waals surface area (Å²) in [5.74, 6) is 9.65. The van der Waals surface area contributed by atoms with Gasteiger partial charge >= 0.3 is 0 Å². The third-order valence-corrected chi connectivity index (χ3v) is 8.05. The molecule has 31 heavy (non-hydrogen) atoms. The Balaban J connectivity index is 1.39. The molecule has 0 heterocycles. The van der Waals surface area contributed by atoms with Crippen LogP contribution in [0.25, 0.3) is 0 Å². The highest BCUT2D eigenvalue weighted by Gasteiger charge is 2.23. The number of aliphatic hydroxyl groups excluding tert-OH is 1. The van der Waals surface area contributed by atoms with Crippen molar-refractivity contribution < 1.29 is 5.11 Å². The maximum atomic E-state index is 10.5. The Bertz CT molecular complexity index is 663. The van der Waals surface area contributed by atoms with Crippen molar-refractivity contribution in [3.63, 3.8) is 0 Å². The summed E-state index contributed by atoms with van der Waals surface area (Å²) in [6, 6.07) is 8.88. The first-order chi connectivity index (χ1) is 15.2. The molecule has 1 nitrogen and oxygen atoms in total. The molecule has 0 aromatic heterocycles. The van der Waals surface area contributed by atoms with Crippen molar-refractivity contribution in [1.29, 1.82) is 0 Å². The second-order valence-corrected chi connectivity index (χ2v) is 10.5. The normalized spacial score (nSPS) is 27.3. The van der Waals surface area contributed by atoms with Crippen LogP contribution >= 0.6 is 0 Å². The summed E-state index contributed by atoms with van der Waals surface area (Å²) in [6.45, 7) is 4.59. The van der Waals surface area contributed by atoms with E-state index in [1.165, 1.54) is 95.5 Å². The van der Waals surface area contributed by atoms with Crippen LogP contribution in [-0.4, -0.2) is 11.2 Å². The van der Waals surface area contributed by atoms with Crippen LogP contribution in [-0.2, 0) is 0 Å². The lowest BCUT2D eigenvalue weighted by atomic mass is 9.77. The van der Waals surface area contributed by atoms with Crippen molar-refractivity contribution in [2.45, 2.75) is 122 Å². The summed E-state index contributed by atoms with van der Waals surface area (Å²) < 4.78 is 0. The van der Waals surface area contributed by atoms with Crippen molar-refractivity contribution >= 4 is 0 Å². The highest BCUT2D eigenvalue weighted by atomic mass is 16.3. The average Bonchev–Trinajstić information content (AvgIpc) is 2.80. The fourth-order valence-electron chi connectivity index (χ4n) is 6.01. The number of unbranched alkanes of at least 4 members (excludes halogenated alkanes) is 2. The molecule has 2 fully saturated rings. The predicted octanol–water partition coefficient (Wildman–Crippen LogP) is 8.25. The van der Waals surface area contributed by atoms with E-state index in [9.17, 15) is 5.11 Å². The van der Waals surface area contributed by atoms with Crippen LogP contribution in [0.3, 0.4) is 0 Å². The third kappa shape index (κ3) is 8.31. The van der Waals surface area contributed by atoms with E-state index >= 15 is 0 Å². The highest BCUT2D eigenvalue weighted by Crippen LogP contribution is 2.37. The molecule has 0 radical (unpaired) electrons. The lowest BCUT2D eigenvalue weighted by Crippen LogP contribution is -2.19. The lowest BCUT2D eigenvalue weighted by molar-refractivity contribution is 0.161. The van der Waals surface area contributed by atoms with E-state index in [1.54, 1.807) is 0 Å². The smallest absolute Gasteiger partial charge is 0.115 e. The summed E-state index contributed by atoms with van der Waals surface area (Å²) in [5.41, 5.74) is 2.53. The first-order valence-corrected chi connectivity index (χ1v) is 13.5. The third-order valence-electron chi connectivity index (χ3n) is 8.05. The van der Waals surface area contributed by atoms with Crippen molar-refractivity contribution in [3.05, 3.63) is 35.4 Å². The Morgan fingerprint density at radius 1 is 0.774 bits per heavy atom. The van der Waals surface area contributed by atoms with E-state index in [0.717, 1.165) is 29.7 Å². The summed E-state index contributed by atoms with van der Waals surface area (Å²) >= 11 is 0. The Morgan fingerprint density at radius 2 is 1.39 bits per heavy atom. The lowest BCUT2D eigenvalue weighted by Gasteiger charge is -2.29. The molecular weight excluding hydrogens is 376 g/mol. The first kappa shape index (κ1) is 24.4. The zero-order valence-electron chi connectivity index (χ0n) is 20.2. The molecular formula is C30H46O. The minimum Gasteiger partial charge on any atom is -0.380 e. The van der Waals surface area contributed by atoms with E-state index in [4.69, 9.17) is 0 Å². The standard InChI is InChI=1S/C30H46O/c1-3-5-6-8-25-9-11-27(12-10-25)23-30(31)22-17-26-15-20-29(21-16-26)28-18-13-24(7-4-2)14-19-28/h15-16,20-21,24-25,27-28,30-31H,3-14,18-19,23H2,1-2H3. The van der Waals surface area contributed by atoms with E-state index in [2.05, 4.69) is 50.0 Å². The van der Waals surface area contributed by atoms with Gasteiger partial charge in [-0.05, 0) is 73.5 Å². The highest BCUT2D eigenvalue weighted by molar-refractivity contribution is 5.37. The molecule has 1 atom stereocenters. The molecule has 172 valence electrons. The van der Waals surface area contributed by atoms with Crippen LogP contribution in [0.15, 0.2) is 24.3 Å². The van der Waals surface area contributed by atoms with E-state index in [-0.39, 0.29) is 0 Å². The van der Waals surface area contributed by atoms with Gasteiger partial charge in [-0.25, -0.2) is 0 Å². The molecule has 2 saturated carbocycles. The molecule has 2 aliphatic rings. The minimum absolute atomic E-state index is 0.477. The molecule has 2 aliphatic carbocycles. The Kier molecular flexibility index (Phi) is 10.5. The Morgan fingerprint density at radius 3 is 2.03 bits per heavy atom. The summed E-state index contributed by atoms with van der Waals surface area (Å²) in [6.07, 6.45) is 19.4. The molecule has 0 bridgehead atoms. The second kappa shape index (κ2) is 13.3. The van der Waals surface area contributed by atoms with Gasteiger partial charge in [0.2, 0.25) is 0 Å². The minimum atomic E-state index is -0.477. The SMILES string of the molecule is CCCCCC1CCC(CC(O)C#Cc2ccc(C3CCC(CCC)CC3)cc2)CC1. The number of hydrogen-bond acceptors (Lipinski definition) is 1. The molecule has 1 unspecified atom stereocenters. The molecule has 1 aromatic rings. The van der Waals surface area contributed by atoms with Gasteiger partial charge in [0.1, 0.15) is 6.10 Å². The van der Waals surface area contributed by atoms with Gasteiger partial charge in [0, 0.05) is 5.56 Å². The zero-order chi connectivity index (χ0) is 21.9. The maximum absolute atomic E-state index is 10.5. The van der Waals surface area contributed by atoms with Gasteiger partial charge in [0.25, 0.3) is 0 Å². The van der Waals surface area contributed by atoms with Crippen LogP contribution < -0.4 is 0 Å². The van der Waals surface area contributed by atoms with E-state index in [1.807, 2.05) is 0 Å². The van der Waals surface area contributed by atoms with Gasteiger partial charge in [-0.2, -0.15) is 0 Å². The van der Waals surface area contributed by atoms with Crippen LogP contribution in [0.5, 0.6) is 0 Å². The fourth-order valence-corrected chi connectivity index (χ4v) is 6.01. The molecule has 0 saturated heterocycles. The van der Waals surface area contributed by atoms with Gasteiger partial charge in [-0.3, -0.25) is 0 Å². The van der Waals surface area contributed by atoms with Crippen LogP contribution in [0.2, 0.25) is 0 Å². The number of hydrogen-bond donors (Lipinski definition) is 1. The molecule has 0 spiro atoms. The summed E-state index contributed by atoms with van der Waals surface area (Å²) in [5, 5.41) is 10.5. The summed E-state index contributed by atoms with van der Waals surface area (Å²) in [4.78, 5) is 0. The topological polar surface area (TPSA) is 20.2 Å². The quantitative estimate of drug-likeness (QED) is 0.314. The molecule has 1 N–H and O–H groups in total. The fraction of sp³-hybridized carbons (Fsp3) is 0.733. The predicted molar refractivity (Wildman–Crippen MR) is 133 cm³/mol. The second-order valence-electron chi connectivity index (χ2n) is 10.5. The Labute approximate surface area is 192 Å². The zero-order valence-corrected chi connectivity index (χ0v) is 20.2. The van der Waals surface area contributed by atoms with Crippen molar-refractivity contribution in [1.82, 2.24) is 0 Å². The summed E-state index contributed by atoms with van der Waals surface area (Å²) in [7, 11) is 0. The molecule has 0 aliphatic heterocycles. The largest absolute Gasteiger partial charge is 0.380 e. The van der Waals surface area contributed by atoms with Crippen LogP contribution in [0, 0.1) is 29.6 Å². The number of benzene rings is 1. The first-order valence-electron chi connectivity index (χ1n) is 13.5. The van der Waals surface area contributed by atoms with Gasteiger partial charge in [-0.1, -0.05) is 102 Å². The molecule has 1 aromatic carbocycles. The van der Waals surface area contributed by atoms with Crippen LogP contribution in [0.1, 0.15) is 127 Å². The van der Waals surface area contributed by atoms with Crippen molar-refractivity contribution in [2.75, 3.05) is 0 Å². The van der Waals surface area contributed by atoms with Crippen molar-refractivity contribution in [3.8, 4) is 11.8 Å². The Hall–Kier alpha value is -1.26. The van der Waals surface area contributed by atoms with Gasteiger partial charge in [0.15, 0.2) is 0 Å². The van der Waals surface area contributed by atoms with Crippen molar-refractivity contribution in [2.24, 2.45) is 17.8 Å². The van der Waals surface area contributed by atoms with E-state index in [0.29, 0.717) is 5.92 Å². The molecule has 0 amide bonds. The average molecular weight is 423 g/mol. The van der Waals surface area contributed by atoms with Gasteiger partial charge in [0.05, 0.1) is 0 Å². The van der Waals surface area contributed by atoms with E-state index < -0.39 is 6.10 Å². The van der Waals surface area contributed by atoms with Gasteiger partial charge in [-0.15, -0.1) is 0 Å². The monoisotopic (exact) mass is 422 g/mol.